The number of nitrogens with one attached hydrogen (secondary N) is 1. The molecule has 4 nitrogen and oxygen atoms in total. The van der Waals surface area contributed by atoms with Crippen LogP contribution >= 0.6 is 0 Å². The zero-order valence-corrected chi connectivity index (χ0v) is 11.4. The Morgan fingerprint density at radius 2 is 1.89 bits per heavy atom. The highest BCUT2D eigenvalue weighted by Gasteiger charge is 2.25. The lowest BCUT2D eigenvalue weighted by atomic mass is 9.99. The molecule has 0 bridgehead atoms. The number of carbonyl (C=O) groups is 1. The number of piperidine rings is 1. The average Bonchev–Trinajstić information content (AvgIpc) is 2.90. The Kier molecular flexibility index (Phi) is 5.01. The molecule has 1 heterocycles. The van der Waals surface area contributed by atoms with Crippen molar-refractivity contribution >= 4 is 5.91 Å². The number of rotatable bonds is 4. The van der Waals surface area contributed by atoms with E-state index in [9.17, 15) is 9.90 Å². The molecule has 1 aliphatic heterocycles. The molecule has 0 aromatic rings. The summed E-state index contributed by atoms with van der Waals surface area (Å²) in [5, 5.41) is 13.6. The molecule has 4 heteroatoms. The van der Waals surface area contributed by atoms with Gasteiger partial charge in [0.25, 0.3) is 0 Å². The molecule has 2 N–H and O–H groups in total. The zero-order chi connectivity index (χ0) is 13.0. The monoisotopic (exact) mass is 254 g/mol. The molecule has 1 atom stereocenters. The fourth-order valence-corrected chi connectivity index (χ4v) is 3.19. The van der Waals surface area contributed by atoms with Gasteiger partial charge in [-0.05, 0) is 31.6 Å². The molecule has 2 fully saturated rings. The first-order valence-electron chi connectivity index (χ1n) is 7.34. The number of carbonyl (C=O) groups excluding carboxylic acids is 1. The minimum absolute atomic E-state index is 0.180. The predicted molar refractivity (Wildman–Crippen MR) is 71.2 cm³/mol. The van der Waals surface area contributed by atoms with Gasteiger partial charge in [-0.2, -0.15) is 0 Å². The minimum atomic E-state index is -0.182. The number of hydrogen-bond donors (Lipinski definition) is 2. The lowest BCUT2D eigenvalue weighted by Crippen LogP contribution is -2.46. The quantitative estimate of drug-likeness (QED) is 0.791. The number of aliphatic hydroxyl groups excluding tert-OH is 1. The Bertz CT molecular complexity index is 269. The molecule has 2 aliphatic rings. The van der Waals surface area contributed by atoms with Crippen molar-refractivity contribution < 1.29 is 9.90 Å². The Morgan fingerprint density at radius 1 is 1.28 bits per heavy atom. The van der Waals surface area contributed by atoms with Crippen LogP contribution in [0.5, 0.6) is 0 Å². The smallest absolute Gasteiger partial charge is 0.219 e. The third-order valence-corrected chi connectivity index (χ3v) is 4.50. The summed E-state index contributed by atoms with van der Waals surface area (Å²) in [4.78, 5) is 13.1. The lowest BCUT2D eigenvalue weighted by Gasteiger charge is -2.32. The SMILES string of the molecule is CC(=O)N1CCC(NCC(O)C2CCCC2)CC1. The first-order valence-corrected chi connectivity index (χ1v) is 7.34. The van der Waals surface area contributed by atoms with Crippen molar-refractivity contribution in [2.24, 2.45) is 5.92 Å². The van der Waals surface area contributed by atoms with Crippen molar-refractivity contribution in [3.63, 3.8) is 0 Å². The second-order valence-corrected chi connectivity index (χ2v) is 5.80. The first kappa shape index (κ1) is 13.8. The summed E-state index contributed by atoms with van der Waals surface area (Å²) < 4.78 is 0. The maximum absolute atomic E-state index is 11.2. The molecule has 18 heavy (non-hydrogen) atoms. The van der Waals surface area contributed by atoms with E-state index in [1.165, 1.54) is 25.7 Å². The summed E-state index contributed by atoms with van der Waals surface area (Å²) in [6, 6.07) is 0.469. The molecule has 1 unspecified atom stereocenters. The van der Waals surface area contributed by atoms with E-state index in [4.69, 9.17) is 0 Å². The van der Waals surface area contributed by atoms with E-state index in [0.29, 0.717) is 12.0 Å². The Labute approximate surface area is 110 Å². The van der Waals surface area contributed by atoms with Crippen LogP contribution in [0.1, 0.15) is 45.4 Å². The number of amides is 1. The van der Waals surface area contributed by atoms with E-state index in [1.807, 2.05) is 4.90 Å². The van der Waals surface area contributed by atoms with Gasteiger partial charge in [-0.3, -0.25) is 4.79 Å². The van der Waals surface area contributed by atoms with Crippen LogP contribution in [-0.4, -0.2) is 47.7 Å². The molecule has 1 saturated heterocycles. The molecule has 2 rings (SSSR count). The van der Waals surface area contributed by atoms with Gasteiger partial charge < -0.3 is 15.3 Å². The van der Waals surface area contributed by atoms with Crippen LogP contribution < -0.4 is 5.32 Å². The molecule has 0 radical (unpaired) electrons. The Hall–Kier alpha value is -0.610. The summed E-state index contributed by atoms with van der Waals surface area (Å²) >= 11 is 0. The number of hydrogen-bond acceptors (Lipinski definition) is 3. The average molecular weight is 254 g/mol. The van der Waals surface area contributed by atoms with Crippen molar-refractivity contribution in [1.82, 2.24) is 10.2 Å². The number of likely N-dealkylation sites (tertiary alicyclic amines) is 1. The van der Waals surface area contributed by atoms with Crippen molar-refractivity contribution in [2.75, 3.05) is 19.6 Å². The molecule has 0 spiro atoms. The molecular weight excluding hydrogens is 228 g/mol. The van der Waals surface area contributed by atoms with Crippen LogP contribution in [0.2, 0.25) is 0 Å². The fourth-order valence-electron chi connectivity index (χ4n) is 3.19. The third kappa shape index (κ3) is 3.69. The highest BCUT2D eigenvalue weighted by atomic mass is 16.3. The van der Waals surface area contributed by atoms with E-state index in [2.05, 4.69) is 5.32 Å². The van der Waals surface area contributed by atoms with Crippen molar-refractivity contribution in [3.8, 4) is 0 Å². The van der Waals surface area contributed by atoms with E-state index in [1.54, 1.807) is 6.92 Å². The van der Waals surface area contributed by atoms with Gasteiger partial charge >= 0.3 is 0 Å². The summed E-state index contributed by atoms with van der Waals surface area (Å²) in [7, 11) is 0. The normalized spacial score (nSPS) is 24.4. The molecule has 1 aliphatic carbocycles. The minimum Gasteiger partial charge on any atom is -0.392 e. The maximum atomic E-state index is 11.2. The largest absolute Gasteiger partial charge is 0.392 e. The molecule has 1 amide bonds. The molecule has 0 aromatic carbocycles. The van der Waals surface area contributed by atoms with E-state index in [0.717, 1.165) is 32.5 Å². The van der Waals surface area contributed by atoms with E-state index >= 15 is 0 Å². The number of aliphatic hydroxyl groups is 1. The van der Waals surface area contributed by atoms with Crippen molar-refractivity contribution in [1.29, 1.82) is 0 Å². The molecular formula is C14H26N2O2. The van der Waals surface area contributed by atoms with Crippen LogP contribution in [0.4, 0.5) is 0 Å². The first-order chi connectivity index (χ1) is 8.66. The Balaban J connectivity index is 1.64. The standard InChI is InChI=1S/C14H26N2O2/c1-11(17)16-8-6-13(7-9-16)15-10-14(18)12-4-2-3-5-12/h12-15,18H,2-10H2,1H3. The van der Waals surface area contributed by atoms with Gasteiger partial charge in [-0.15, -0.1) is 0 Å². The topological polar surface area (TPSA) is 52.6 Å². The van der Waals surface area contributed by atoms with Crippen molar-refractivity contribution in [3.05, 3.63) is 0 Å². The molecule has 0 aromatic heterocycles. The van der Waals surface area contributed by atoms with Crippen LogP contribution in [0, 0.1) is 5.92 Å². The summed E-state index contributed by atoms with van der Waals surface area (Å²) in [6.45, 7) is 4.06. The van der Waals surface area contributed by atoms with E-state index < -0.39 is 0 Å². The van der Waals surface area contributed by atoms with Gasteiger partial charge in [0.05, 0.1) is 6.10 Å². The highest BCUT2D eigenvalue weighted by Crippen LogP contribution is 2.27. The lowest BCUT2D eigenvalue weighted by molar-refractivity contribution is -0.129. The van der Waals surface area contributed by atoms with Crippen molar-refractivity contribution in [2.45, 2.75) is 57.6 Å². The zero-order valence-electron chi connectivity index (χ0n) is 11.4. The van der Waals surface area contributed by atoms with E-state index in [-0.39, 0.29) is 12.0 Å². The maximum Gasteiger partial charge on any atom is 0.219 e. The summed E-state index contributed by atoms with van der Waals surface area (Å²) in [6.07, 6.45) is 6.76. The van der Waals surface area contributed by atoms with Crippen LogP contribution in [0.25, 0.3) is 0 Å². The van der Waals surface area contributed by atoms with Gasteiger partial charge in [0, 0.05) is 32.6 Å². The van der Waals surface area contributed by atoms with Gasteiger partial charge in [0.15, 0.2) is 0 Å². The number of nitrogens with zero attached hydrogens (tertiary/aromatic N) is 1. The fraction of sp³-hybridized carbons (Fsp3) is 0.929. The van der Waals surface area contributed by atoms with Crippen LogP contribution in [-0.2, 0) is 4.79 Å². The highest BCUT2D eigenvalue weighted by molar-refractivity contribution is 5.73. The van der Waals surface area contributed by atoms with Gasteiger partial charge in [0.2, 0.25) is 5.91 Å². The van der Waals surface area contributed by atoms with Crippen LogP contribution in [0.15, 0.2) is 0 Å². The summed E-state index contributed by atoms with van der Waals surface area (Å²) in [5.41, 5.74) is 0. The molecule has 104 valence electrons. The van der Waals surface area contributed by atoms with Gasteiger partial charge in [0.1, 0.15) is 0 Å². The van der Waals surface area contributed by atoms with Gasteiger partial charge in [-0.25, -0.2) is 0 Å². The summed E-state index contributed by atoms with van der Waals surface area (Å²) in [5.74, 6) is 0.689. The second kappa shape index (κ2) is 6.53. The predicted octanol–water partition coefficient (Wildman–Crippen LogP) is 1.14. The molecule has 1 saturated carbocycles. The third-order valence-electron chi connectivity index (χ3n) is 4.50. The van der Waals surface area contributed by atoms with Crippen LogP contribution in [0.3, 0.4) is 0 Å². The second-order valence-electron chi connectivity index (χ2n) is 5.80. The van der Waals surface area contributed by atoms with Gasteiger partial charge in [-0.1, -0.05) is 12.8 Å². The Morgan fingerprint density at radius 3 is 2.44 bits per heavy atom.